The standard InChI is InChI=1S/C18H14Cl2N4O/c19-12-7-13(20)9-16(8-12)24-18(25)17-5-4-15(11-23-17)22-10-14-3-1-2-6-21-14/h1-9,11,22H,10H2,(H,24,25). The Balaban J connectivity index is 1.62. The average molecular weight is 373 g/mol. The molecule has 0 fully saturated rings. The van der Waals surface area contributed by atoms with Gasteiger partial charge in [-0.1, -0.05) is 29.3 Å². The molecule has 0 aliphatic carbocycles. The number of aromatic nitrogens is 2. The molecule has 3 rings (SSSR count). The molecule has 1 amide bonds. The molecule has 0 atom stereocenters. The molecule has 0 radical (unpaired) electrons. The zero-order valence-electron chi connectivity index (χ0n) is 13.0. The van der Waals surface area contributed by atoms with E-state index in [-0.39, 0.29) is 5.91 Å². The summed E-state index contributed by atoms with van der Waals surface area (Å²) in [5.41, 5.74) is 2.52. The highest BCUT2D eigenvalue weighted by atomic mass is 35.5. The number of carbonyl (C=O) groups excluding carboxylic acids is 1. The molecule has 0 saturated carbocycles. The second kappa shape index (κ2) is 7.96. The Morgan fingerprint density at radius 3 is 2.40 bits per heavy atom. The fraction of sp³-hybridized carbons (Fsp3) is 0.0556. The summed E-state index contributed by atoms with van der Waals surface area (Å²) in [6.07, 6.45) is 3.34. The summed E-state index contributed by atoms with van der Waals surface area (Å²) in [7, 11) is 0. The lowest BCUT2D eigenvalue weighted by Gasteiger charge is -2.08. The molecule has 0 aliphatic rings. The van der Waals surface area contributed by atoms with Crippen molar-refractivity contribution >= 4 is 40.5 Å². The minimum absolute atomic E-state index is 0.291. The molecule has 1 aromatic carbocycles. The number of rotatable bonds is 5. The van der Waals surface area contributed by atoms with E-state index in [2.05, 4.69) is 20.6 Å². The van der Waals surface area contributed by atoms with Crippen molar-refractivity contribution in [1.82, 2.24) is 9.97 Å². The maximum Gasteiger partial charge on any atom is 0.274 e. The van der Waals surface area contributed by atoms with Gasteiger partial charge in [0, 0.05) is 21.9 Å². The number of carbonyl (C=O) groups is 1. The zero-order valence-corrected chi connectivity index (χ0v) is 14.6. The van der Waals surface area contributed by atoms with Gasteiger partial charge in [-0.25, -0.2) is 4.98 Å². The minimum Gasteiger partial charge on any atom is -0.378 e. The number of anilines is 2. The van der Waals surface area contributed by atoms with Crippen molar-refractivity contribution in [3.8, 4) is 0 Å². The number of nitrogens with zero attached hydrogens (tertiary/aromatic N) is 2. The summed E-state index contributed by atoms with van der Waals surface area (Å²) in [5, 5.41) is 6.81. The lowest BCUT2D eigenvalue weighted by Crippen LogP contribution is -2.13. The summed E-state index contributed by atoms with van der Waals surface area (Å²) in [6, 6.07) is 14.0. The van der Waals surface area contributed by atoms with E-state index in [1.165, 1.54) is 0 Å². The molecule has 126 valence electrons. The first-order valence-electron chi connectivity index (χ1n) is 7.47. The van der Waals surface area contributed by atoms with Gasteiger partial charge >= 0.3 is 0 Å². The number of hydrogen-bond acceptors (Lipinski definition) is 4. The lowest BCUT2D eigenvalue weighted by atomic mass is 10.2. The summed E-state index contributed by atoms with van der Waals surface area (Å²) >= 11 is 11.8. The van der Waals surface area contributed by atoms with Gasteiger partial charge in [-0.15, -0.1) is 0 Å². The average Bonchev–Trinajstić information content (AvgIpc) is 2.60. The molecule has 0 aliphatic heterocycles. The van der Waals surface area contributed by atoms with E-state index in [0.717, 1.165) is 11.4 Å². The van der Waals surface area contributed by atoms with Crippen LogP contribution in [-0.4, -0.2) is 15.9 Å². The Hall–Kier alpha value is -2.63. The summed E-state index contributed by atoms with van der Waals surface area (Å²) in [6.45, 7) is 0.578. The molecule has 0 saturated heterocycles. The number of pyridine rings is 2. The van der Waals surface area contributed by atoms with Crippen molar-refractivity contribution < 1.29 is 4.79 Å². The fourth-order valence-electron chi connectivity index (χ4n) is 2.15. The molecule has 2 N–H and O–H groups in total. The van der Waals surface area contributed by atoms with Crippen LogP contribution in [0.4, 0.5) is 11.4 Å². The van der Waals surface area contributed by atoms with E-state index in [1.807, 2.05) is 18.2 Å². The van der Waals surface area contributed by atoms with Crippen LogP contribution in [0, 0.1) is 0 Å². The highest BCUT2D eigenvalue weighted by Gasteiger charge is 2.09. The molecule has 5 nitrogen and oxygen atoms in total. The van der Waals surface area contributed by atoms with Crippen LogP contribution in [0.25, 0.3) is 0 Å². The van der Waals surface area contributed by atoms with Gasteiger partial charge in [0.15, 0.2) is 0 Å². The molecule has 25 heavy (non-hydrogen) atoms. The maximum atomic E-state index is 12.2. The summed E-state index contributed by atoms with van der Waals surface area (Å²) < 4.78 is 0. The van der Waals surface area contributed by atoms with Crippen LogP contribution in [-0.2, 0) is 6.54 Å². The van der Waals surface area contributed by atoms with E-state index in [1.54, 1.807) is 42.7 Å². The van der Waals surface area contributed by atoms with E-state index < -0.39 is 0 Å². The molecule has 0 unspecified atom stereocenters. The Bertz CT molecular complexity index is 850. The van der Waals surface area contributed by atoms with Gasteiger partial charge in [0.1, 0.15) is 5.69 Å². The molecule has 3 aromatic rings. The number of amides is 1. The van der Waals surface area contributed by atoms with Gasteiger partial charge < -0.3 is 10.6 Å². The van der Waals surface area contributed by atoms with E-state index in [0.29, 0.717) is 28.0 Å². The smallest absolute Gasteiger partial charge is 0.274 e. The van der Waals surface area contributed by atoms with Gasteiger partial charge in [-0.2, -0.15) is 0 Å². The molecule has 2 aromatic heterocycles. The van der Waals surface area contributed by atoms with Crippen LogP contribution in [0.1, 0.15) is 16.2 Å². The van der Waals surface area contributed by atoms with Crippen molar-refractivity contribution in [2.75, 3.05) is 10.6 Å². The normalized spacial score (nSPS) is 10.3. The topological polar surface area (TPSA) is 66.9 Å². The Kier molecular flexibility index (Phi) is 5.48. The van der Waals surface area contributed by atoms with Crippen molar-refractivity contribution in [2.24, 2.45) is 0 Å². The Morgan fingerprint density at radius 1 is 0.960 bits per heavy atom. The van der Waals surface area contributed by atoms with Crippen molar-refractivity contribution in [3.63, 3.8) is 0 Å². The van der Waals surface area contributed by atoms with Crippen molar-refractivity contribution in [2.45, 2.75) is 6.54 Å². The first-order chi connectivity index (χ1) is 12.1. The summed E-state index contributed by atoms with van der Waals surface area (Å²) in [4.78, 5) is 20.6. The first-order valence-corrected chi connectivity index (χ1v) is 8.23. The second-order valence-corrected chi connectivity index (χ2v) is 6.09. The Morgan fingerprint density at radius 2 is 1.76 bits per heavy atom. The molecule has 0 spiro atoms. The predicted octanol–water partition coefficient (Wildman–Crippen LogP) is 4.65. The fourth-order valence-corrected chi connectivity index (χ4v) is 2.68. The SMILES string of the molecule is O=C(Nc1cc(Cl)cc(Cl)c1)c1ccc(NCc2ccccn2)cn1. The van der Waals surface area contributed by atoms with Crippen molar-refractivity contribution in [1.29, 1.82) is 0 Å². The van der Waals surface area contributed by atoms with Gasteiger partial charge in [-0.3, -0.25) is 9.78 Å². The van der Waals surface area contributed by atoms with Crippen LogP contribution < -0.4 is 10.6 Å². The van der Waals surface area contributed by atoms with Crippen LogP contribution in [0.3, 0.4) is 0 Å². The third-order valence-corrected chi connectivity index (χ3v) is 3.75. The predicted molar refractivity (Wildman–Crippen MR) is 100 cm³/mol. The monoisotopic (exact) mass is 372 g/mol. The quantitative estimate of drug-likeness (QED) is 0.683. The van der Waals surface area contributed by atoms with Crippen LogP contribution in [0.5, 0.6) is 0 Å². The molecule has 7 heteroatoms. The maximum absolute atomic E-state index is 12.2. The zero-order chi connectivity index (χ0) is 17.6. The van der Waals surface area contributed by atoms with Crippen LogP contribution in [0.15, 0.2) is 60.9 Å². The molecule has 0 bridgehead atoms. The van der Waals surface area contributed by atoms with Gasteiger partial charge in [0.25, 0.3) is 5.91 Å². The summed E-state index contributed by atoms with van der Waals surface area (Å²) in [5.74, 6) is -0.338. The lowest BCUT2D eigenvalue weighted by molar-refractivity contribution is 0.102. The third kappa shape index (κ3) is 4.92. The minimum atomic E-state index is -0.338. The first kappa shape index (κ1) is 17.2. The third-order valence-electron chi connectivity index (χ3n) is 3.32. The number of halogens is 2. The van der Waals surface area contributed by atoms with Crippen LogP contribution in [0.2, 0.25) is 10.0 Å². The molecular formula is C18H14Cl2N4O. The van der Waals surface area contributed by atoms with Gasteiger partial charge in [0.05, 0.1) is 24.1 Å². The Labute approximate surface area is 155 Å². The number of nitrogens with one attached hydrogen (secondary N) is 2. The second-order valence-electron chi connectivity index (χ2n) is 5.22. The van der Waals surface area contributed by atoms with Crippen molar-refractivity contribution in [3.05, 3.63) is 82.4 Å². The molecular weight excluding hydrogens is 359 g/mol. The molecule has 2 heterocycles. The number of benzene rings is 1. The van der Waals surface area contributed by atoms with E-state index in [4.69, 9.17) is 23.2 Å². The number of hydrogen-bond donors (Lipinski definition) is 2. The van der Waals surface area contributed by atoms with E-state index in [9.17, 15) is 4.79 Å². The largest absolute Gasteiger partial charge is 0.378 e. The highest BCUT2D eigenvalue weighted by molar-refractivity contribution is 6.35. The highest BCUT2D eigenvalue weighted by Crippen LogP contribution is 2.22. The van der Waals surface area contributed by atoms with Gasteiger partial charge in [0.2, 0.25) is 0 Å². The van der Waals surface area contributed by atoms with Gasteiger partial charge in [-0.05, 0) is 42.5 Å². The van der Waals surface area contributed by atoms with Crippen LogP contribution >= 0.6 is 23.2 Å². The van der Waals surface area contributed by atoms with E-state index >= 15 is 0 Å².